The molecule has 16 heavy (non-hydrogen) atoms. The Bertz CT molecular complexity index is 327. The first-order valence-electron chi connectivity index (χ1n) is 5.86. The molecule has 1 unspecified atom stereocenters. The Morgan fingerprint density at radius 2 is 2.25 bits per heavy atom. The summed E-state index contributed by atoms with van der Waals surface area (Å²) in [7, 11) is 0. The lowest BCUT2D eigenvalue weighted by molar-refractivity contribution is 0.446. The van der Waals surface area contributed by atoms with Crippen molar-refractivity contribution >= 4 is 43.2 Å². The highest BCUT2D eigenvalue weighted by molar-refractivity contribution is 9.13. The summed E-state index contributed by atoms with van der Waals surface area (Å²) in [6.45, 7) is 3.28. The second-order valence-electron chi connectivity index (χ2n) is 4.50. The Kier molecular flexibility index (Phi) is 4.89. The number of halogens is 2. The van der Waals surface area contributed by atoms with Crippen LogP contribution in [-0.4, -0.2) is 6.04 Å². The van der Waals surface area contributed by atoms with E-state index in [0.717, 1.165) is 12.5 Å². The molecule has 0 aliphatic heterocycles. The third-order valence-electron chi connectivity index (χ3n) is 3.07. The van der Waals surface area contributed by atoms with Gasteiger partial charge in [-0.1, -0.05) is 19.8 Å². The summed E-state index contributed by atoms with van der Waals surface area (Å²) in [5, 5.41) is 3.67. The van der Waals surface area contributed by atoms with Crippen molar-refractivity contribution < 1.29 is 0 Å². The highest BCUT2D eigenvalue weighted by atomic mass is 79.9. The molecule has 1 nitrogen and oxygen atoms in total. The van der Waals surface area contributed by atoms with E-state index in [1.54, 1.807) is 0 Å². The van der Waals surface area contributed by atoms with Gasteiger partial charge in [-0.2, -0.15) is 0 Å². The van der Waals surface area contributed by atoms with E-state index >= 15 is 0 Å². The van der Waals surface area contributed by atoms with Gasteiger partial charge in [0.1, 0.15) is 0 Å². The quantitative estimate of drug-likeness (QED) is 0.751. The van der Waals surface area contributed by atoms with Crippen LogP contribution in [0.1, 0.15) is 37.5 Å². The van der Waals surface area contributed by atoms with Crippen molar-refractivity contribution in [3.8, 4) is 0 Å². The summed E-state index contributed by atoms with van der Waals surface area (Å²) in [4.78, 5) is 1.40. The Morgan fingerprint density at radius 3 is 2.75 bits per heavy atom. The molecule has 0 saturated heterocycles. The van der Waals surface area contributed by atoms with Crippen molar-refractivity contribution in [3.63, 3.8) is 0 Å². The fourth-order valence-electron chi connectivity index (χ4n) is 1.87. The van der Waals surface area contributed by atoms with Crippen LogP contribution in [0.15, 0.2) is 14.3 Å². The molecule has 1 aliphatic carbocycles. The average Bonchev–Trinajstić information content (AvgIpc) is 3.01. The Balaban J connectivity index is 1.79. The van der Waals surface area contributed by atoms with E-state index in [0.29, 0.717) is 6.04 Å². The smallest absolute Gasteiger partial charge is 0.0843 e. The van der Waals surface area contributed by atoms with E-state index in [-0.39, 0.29) is 0 Å². The van der Waals surface area contributed by atoms with Gasteiger partial charge in [-0.15, -0.1) is 11.3 Å². The first-order valence-corrected chi connectivity index (χ1v) is 8.26. The van der Waals surface area contributed by atoms with Crippen molar-refractivity contribution in [2.75, 3.05) is 0 Å². The van der Waals surface area contributed by atoms with Crippen molar-refractivity contribution in [3.05, 3.63) is 19.2 Å². The van der Waals surface area contributed by atoms with Gasteiger partial charge in [0.15, 0.2) is 0 Å². The summed E-state index contributed by atoms with van der Waals surface area (Å²) >= 11 is 8.87. The first kappa shape index (κ1) is 13.1. The van der Waals surface area contributed by atoms with Gasteiger partial charge >= 0.3 is 0 Å². The molecule has 1 N–H and O–H groups in total. The van der Waals surface area contributed by atoms with Gasteiger partial charge in [-0.3, -0.25) is 0 Å². The topological polar surface area (TPSA) is 12.0 Å². The summed E-state index contributed by atoms with van der Waals surface area (Å²) in [5.41, 5.74) is 0. The number of hydrogen-bond acceptors (Lipinski definition) is 2. The van der Waals surface area contributed by atoms with Crippen LogP contribution in [0.3, 0.4) is 0 Å². The minimum Gasteiger partial charge on any atom is -0.309 e. The van der Waals surface area contributed by atoms with Gasteiger partial charge in [0.05, 0.1) is 3.79 Å². The zero-order chi connectivity index (χ0) is 11.5. The van der Waals surface area contributed by atoms with E-state index in [9.17, 15) is 0 Å². The molecule has 1 aromatic rings. The van der Waals surface area contributed by atoms with Crippen LogP contribution in [0.2, 0.25) is 0 Å². The number of nitrogens with one attached hydrogen (secondary N) is 1. The molecule has 1 aromatic heterocycles. The van der Waals surface area contributed by atoms with Crippen molar-refractivity contribution in [2.24, 2.45) is 5.92 Å². The number of hydrogen-bond donors (Lipinski definition) is 1. The van der Waals surface area contributed by atoms with E-state index in [1.807, 2.05) is 11.3 Å². The lowest BCUT2D eigenvalue weighted by Gasteiger charge is -2.15. The summed E-state index contributed by atoms with van der Waals surface area (Å²) in [6, 6.07) is 2.90. The molecule has 1 atom stereocenters. The molecular weight excluding hydrogens is 350 g/mol. The molecule has 1 saturated carbocycles. The maximum Gasteiger partial charge on any atom is 0.0843 e. The van der Waals surface area contributed by atoms with E-state index < -0.39 is 0 Å². The lowest BCUT2D eigenvalue weighted by atomic mass is 10.1. The third kappa shape index (κ3) is 3.83. The standard InChI is InChI=1S/C12H17Br2NS/c1-2-9(5-8-3-4-8)15-7-10-6-11(13)12(14)16-10/h6,8-9,15H,2-5,7H2,1H3. The van der Waals surface area contributed by atoms with Gasteiger partial charge in [-0.25, -0.2) is 0 Å². The lowest BCUT2D eigenvalue weighted by Crippen LogP contribution is -2.28. The summed E-state index contributed by atoms with van der Waals surface area (Å²) in [5.74, 6) is 1.01. The van der Waals surface area contributed by atoms with Crippen LogP contribution in [0.4, 0.5) is 0 Å². The maximum atomic E-state index is 3.67. The second-order valence-corrected chi connectivity index (χ2v) is 7.81. The largest absolute Gasteiger partial charge is 0.309 e. The molecule has 0 spiro atoms. The Labute approximate surface area is 118 Å². The van der Waals surface area contributed by atoms with Gasteiger partial charge in [0, 0.05) is 21.9 Å². The minimum atomic E-state index is 0.701. The highest BCUT2D eigenvalue weighted by Gasteiger charge is 2.24. The maximum absolute atomic E-state index is 3.67. The molecule has 1 heterocycles. The zero-order valence-corrected chi connectivity index (χ0v) is 13.4. The van der Waals surface area contributed by atoms with Gasteiger partial charge in [-0.05, 0) is 56.7 Å². The monoisotopic (exact) mass is 365 g/mol. The van der Waals surface area contributed by atoms with Crippen LogP contribution in [0.25, 0.3) is 0 Å². The SMILES string of the molecule is CCC(CC1CC1)NCc1cc(Br)c(Br)s1. The minimum absolute atomic E-state index is 0.701. The Morgan fingerprint density at radius 1 is 1.50 bits per heavy atom. The Hall–Kier alpha value is 0.620. The molecule has 0 radical (unpaired) electrons. The van der Waals surface area contributed by atoms with Gasteiger partial charge < -0.3 is 5.32 Å². The molecule has 1 aliphatic rings. The third-order valence-corrected chi connectivity index (χ3v) is 6.32. The molecule has 4 heteroatoms. The van der Waals surface area contributed by atoms with Gasteiger partial charge in [0.2, 0.25) is 0 Å². The fourth-order valence-corrected chi connectivity index (χ4v) is 4.00. The van der Waals surface area contributed by atoms with Gasteiger partial charge in [0.25, 0.3) is 0 Å². The highest BCUT2D eigenvalue weighted by Crippen LogP contribution is 2.35. The second kappa shape index (κ2) is 5.98. The molecular formula is C12H17Br2NS. The molecule has 0 aromatic carbocycles. The average molecular weight is 367 g/mol. The fraction of sp³-hybridized carbons (Fsp3) is 0.667. The molecule has 90 valence electrons. The normalized spacial score (nSPS) is 17.7. The molecule has 0 amide bonds. The van der Waals surface area contributed by atoms with Crippen LogP contribution >= 0.6 is 43.2 Å². The molecule has 2 rings (SSSR count). The molecule has 0 bridgehead atoms. The van der Waals surface area contributed by atoms with Crippen LogP contribution in [0.5, 0.6) is 0 Å². The van der Waals surface area contributed by atoms with Crippen molar-refractivity contribution in [2.45, 2.75) is 45.2 Å². The van der Waals surface area contributed by atoms with Crippen molar-refractivity contribution in [1.82, 2.24) is 5.32 Å². The van der Waals surface area contributed by atoms with Crippen LogP contribution < -0.4 is 5.32 Å². The molecule has 1 fully saturated rings. The van der Waals surface area contributed by atoms with E-state index in [1.165, 1.54) is 38.8 Å². The predicted molar refractivity (Wildman–Crippen MR) is 78.0 cm³/mol. The summed E-state index contributed by atoms with van der Waals surface area (Å²) in [6.07, 6.45) is 5.51. The van der Waals surface area contributed by atoms with Crippen LogP contribution in [0, 0.1) is 5.92 Å². The van der Waals surface area contributed by atoms with E-state index in [4.69, 9.17) is 0 Å². The number of rotatable bonds is 6. The predicted octanol–water partition coefficient (Wildman–Crippen LogP) is 4.94. The van der Waals surface area contributed by atoms with Crippen LogP contribution in [-0.2, 0) is 6.54 Å². The first-order chi connectivity index (χ1) is 7.69. The zero-order valence-electron chi connectivity index (χ0n) is 9.43. The van der Waals surface area contributed by atoms with E-state index in [2.05, 4.69) is 50.2 Å². The van der Waals surface area contributed by atoms with Crippen molar-refractivity contribution in [1.29, 1.82) is 0 Å². The number of thiophene rings is 1. The summed E-state index contributed by atoms with van der Waals surface area (Å²) < 4.78 is 2.36.